The van der Waals surface area contributed by atoms with E-state index in [-0.39, 0.29) is 4.90 Å². The van der Waals surface area contributed by atoms with Crippen LogP contribution in [0.15, 0.2) is 28.0 Å². The molecule has 0 bridgehead atoms. The lowest BCUT2D eigenvalue weighted by Crippen LogP contribution is -2.26. The Morgan fingerprint density at radius 2 is 2.11 bits per heavy atom. The number of fused-ring (bicyclic) bond motifs is 1. The van der Waals surface area contributed by atoms with Crippen molar-refractivity contribution in [2.45, 2.75) is 11.0 Å². The van der Waals surface area contributed by atoms with Gasteiger partial charge in [0.2, 0.25) is 9.84 Å². The first-order valence-corrected chi connectivity index (χ1v) is 6.76. The zero-order valence-corrected chi connectivity index (χ0v) is 10.8. The van der Waals surface area contributed by atoms with Crippen LogP contribution < -0.4 is 0 Å². The summed E-state index contributed by atoms with van der Waals surface area (Å²) in [6.45, 7) is 0. The van der Waals surface area contributed by atoms with Crippen LogP contribution in [-0.4, -0.2) is 32.7 Å². The van der Waals surface area contributed by atoms with Gasteiger partial charge in [0.05, 0.1) is 16.9 Å². The summed E-state index contributed by atoms with van der Waals surface area (Å²) in [5.74, 6) is -1.02. The molecule has 0 saturated carbocycles. The molecule has 1 atom stereocenters. The van der Waals surface area contributed by atoms with E-state index in [9.17, 15) is 18.3 Å². The van der Waals surface area contributed by atoms with Gasteiger partial charge in [-0.3, -0.25) is 0 Å². The Balaban J connectivity index is 2.54. The molecule has 1 N–H and O–H groups in total. The maximum Gasteiger partial charge on any atom is 0.340 e. The lowest BCUT2D eigenvalue weighted by molar-refractivity contribution is -0.147. The van der Waals surface area contributed by atoms with Gasteiger partial charge in [-0.1, -0.05) is 11.6 Å². The van der Waals surface area contributed by atoms with Gasteiger partial charge in [0.1, 0.15) is 0 Å². The number of halogens is 1. The Kier molecular flexibility index (Phi) is 3.18. The SMILES string of the molecule is COC(=O)C(O)C1=Cc2cc(Cl)ccc2S1(=O)=O. The van der Waals surface area contributed by atoms with Crippen molar-refractivity contribution in [2.75, 3.05) is 7.11 Å². The smallest absolute Gasteiger partial charge is 0.340 e. The monoisotopic (exact) mass is 288 g/mol. The molecule has 1 aliphatic heterocycles. The van der Waals surface area contributed by atoms with Crippen molar-refractivity contribution in [3.63, 3.8) is 0 Å². The van der Waals surface area contributed by atoms with Crippen LogP contribution in [0.1, 0.15) is 5.56 Å². The van der Waals surface area contributed by atoms with Crippen LogP contribution in [0, 0.1) is 0 Å². The summed E-state index contributed by atoms with van der Waals surface area (Å²) in [5.41, 5.74) is 0.348. The molecule has 0 radical (unpaired) electrons. The molecule has 7 heteroatoms. The topological polar surface area (TPSA) is 80.7 Å². The van der Waals surface area contributed by atoms with E-state index in [2.05, 4.69) is 4.74 Å². The number of methoxy groups -OCH3 is 1. The van der Waals surface area contributed by atoms with Crippen LogP contribution in [-0.2, 0) is 19.4 Å². The number of hydrogen-bond acceptors (Lipinski definition) is 5. The third kappa shape index (κ3) is 1.92. The first kappa shape index (κ1) is 13.1. The molecule has 0 saturated heterocycles. The molecular weight excluding hydrogens is 280 g/mol. The van der Waals surface area contributed by atoms with Gasteiger partial charge >= 0.3 is 5.97 Å². The molecule has 1 aromatic rings. The van der Waals surface area contributed by atoms with Gasteiger partial charge in [-0.2, -0.15) is 0 Å². The highest BCUT2D eigenvalue weighted by Gasteiger charge is 2.37. The van der Waals surface area contributed by atoms with Crippen LogP contribution in [0.25, 0.3) is 6.08 Å². The van der Waals surface area contributed by atoms with E-state index < -0.39 is 26.8 Å². The van der Waals surface area contributed by atoms with Crippen molar-refractivity contribution < 1.29 is 23.1 Å². The Morgan fingerprint density at radius 1 is 1.44 bits per heavy atom. The molecule has 0 fully saturated rings. The normalized spacial score (nSPS) is 17.8. The van der Waals surface area contributed by atoms with Gasteiger partial charge in [0.25, 0.3) is 0 Å². The first-order chi connectivity index (χ1) is 8.37. The molecule has 2 rings (SSSR count). The molecule has 96 valence electrons. The molecule has 0 aliphatic carbocycles. The third-order valence-corrected chi connectivity index (χ3v) is 4.71. The Bertz CT molecular complexity index is 647. The Hall–Kier alpha value is -1.37. The molecule has 0 aromatic heterocycles. The fourth-order valence-electron chi connectivity index (χ4n) is 1.69. The number of carbonyl (C=O) groups excluding carboxylic acids is 1. The summed E-state index contributed by atoms with van der Waals surface area (Å²) in [5, 5.41) is 10.0. The summed E-state index contributed by atoms with van der Waals surface area (Å²) in [6, 6.07) is 4.21. The minimum absolute atomic E-state index is 0.0184. The van der Waals surface area contributed by atoms with Gasteiger partial charge in [-0.15, -0.1) is 0 Å². The Labute approximate surface area is 109 Å². The van der Waals surface area contributed by atoms with Gasteiger partial charge in [0.15, 0.2) is 6.10 Å². The number of aliphatic hydroxyl groups excluding tert-OH is 1. The summed E-state index contributed by atoms with van der Waals surface area (Å²) in [7, 11) is -2.80. The maximum atomic E-state index is 12.1. The number of rotatable bonds is 2. The minimum Gasteiger partial charge on any atom is -0.467 e. The van der Waals surface area contributed by atoms with E-state index in [1.165, 1.54) is 24.3 Å². The molecule has 1 aromatic carbocycles. The highest BCUT2D eigenvalue weighted by Crippen LogP contribution is 2.36. The van der Waals surface area contributed by atoms with Crippen molar-refractivity contribution in [2.24, 2.45) is 0 Å². The fourth-order valence-corrected chi connectivity index (χ4v) is 3.47. The van der Waals surface area contributed by atoms with Gasteiger partial charge < -0.3 is 9.84 Å². The van der Waals surface area contributed by atoms with E-state index in [1.54, 1.807) is 0 Å². The van der Waals surface area contributed by atoms with Crippen molar-refractivity contribution >= 4 is 33.5 Å². The minimum atomic E-state index is -3.87. The number of esters is 1. The lowest BCUT2D eigenvalue weighted by Gasteiger charge is -2.09. The van der Waals surface area contributed by atoms with E-state index in [0.717, 1.165) is 7.11 Å². The average molecular weight is 289 g/mol. The quantitative estimate of drug-likeness (QED) is 0.821. The zero-order chi connectivity index (χ0) is 13.5. The molecule has 1 heterocycles. The molecule has 1 aliphatic rings. The van der Waals surface area contributed by atoms with Crippen molar-refractivity contribution in [3.8, 4) is 0 Å². The van der Waals surface area contributed by atoms with E-state index >= 15 is 0 Å². The van der Waals surface area contributed by atoms with E-state index in [0.29, 0.717) is 10.6 Å². The lowest BCUT2D eigenvalue weighted by atomic mass is 10.2. The summed E-state index contributed by atoms with van der Waals surface area (Å²) in [6.07, 6.45) is -0.607. The number of carbonyl (C=O) groups is 1. The second-order valence-electron chi connectivity index (χ2n) is 3.66. The fraction of sp³-hybridized carbons (Fsp3) is 0.182. The molecular formula is C11H9ClO5S. The van der Waals surface area contributed by atoms with E-state index in [4.69, 9.17) is 11.6 Å². The Morgan fingerprint density at radius 3 is 2.72 bits per heavy atom. The predicted molar refractivity (Wildman–Crippen MR) is 64.6 cm³/mol. The van der Waals surface area contributed by atoms with Crippen LogP contribution >= 0.6 is 11.6 Å². The van der Waals surface area contributed by atoms with Crippen LogP contribution in [0.5, 0.6) is 0 Å². The van der Waals surface area contributed by atoms with Crippen molar-refractivity contribution in [3.05, 3.63) is 33.7 Å². The standard InChI is InChI=1S/C11H9ClO5S/c1-17-11(14)10(13)9-5-6-4-7(12)2-3-8(6)18(9,15)16/h2-5,10,13H,1H3. The number of ether oxygens (including phenoxy) is 1. The average Bonchev–Trinajstić information content (AvgIpc) is 2.58. The molecule has 0 amide bonds. The second-order valence-corrected chi connectivity index (χ2v) is 6.01. The third-order valence-electron chi connectivity index (χ3n) is 2.56. The van der Waals surface area contributed by atoms with Crippen LogP contribution in [0.3, 0.4) is 0 Å². The van der Waals surface area contributed by atoms with Crippen molar-refractivity contribution in [1.82, 2.24) is 0 Å². The predicted octanol–water partition coefficient (Wildman–Crippen LogP) is 1.00. The molecule has 18 heavy (non-hydrogen) atoms. The summed E-state index contributed by atoms with van der Waals surface area (Å²) >= 11 is 5.76. The number of benzene rings is 1. The first-order valence-electron chi connectivity index (χ1n) is 4.90. The molecule has 1 unspecified atom stereocenters. The molecule has 0 spiro atoms. The largest absolute Gasteiger partial charge is 0.467 e. The van der Waals surface area contributed by atoms with Gasteiger partial charge in [0, 0.05) is 5.02 Å². The van der Waals surface area contributed by atoms with Crippen LogP contribution in [0.2, 0.25) is 5.02 Å². The highest BCUT2D eigenvalue weighted by molar-refractivity contribution is 7.96. The molecule has 5 nitrogen and oxygen atoms in total. The van der Waals surface area contributed by atoms with Gasteiger partial charge in [-0.05, 0) is 29.8 Å². The number of sulfone groups is 1. The van der Waals surface area contributed by atoms with Crippen LogP contribution in [0.4, 0.5) is 0 Å². The summed E-state index contributed by atoms with van der Waals surface area (Å²) in [4.78, 5) is 10.8. The van der Waals surface area contributed by atoms with E-state index in [1.807, 2.05) is 0 Å². The zero-order valence-electron chi connectivity index (χ0n) is 9.25. The highest BCUT2D eigenvalue weighted by atomic mass is 35.5. The van der Waals surface area contributed by atoms with Gasteiger partial charge in [-0.25, -0.2) is 13.2 Å². The number of aliphatic hydroxyl groups is 1. The van der Waals surface area contributed by atoms with Crippen molar-refractivity contribution in [1.29, 1.82) is 0 Å². The maximum absolute atomic E-state index is 12.1. The summed E-state index contributed by atoms with van der Waals surface area (Å²) < 4.78 is 28.5. The second kappa shape index (κ2) is 4.38. The number of hydrogen-bond donors (Lipinski definition) is 1.